The predicted octanol–water partition coefficient (Wildman–Crippen LogP) is 2.59. The quantitative estimate of drug-likeness (QED) is 0.576. The molecule has 0 heterocycles. The van der Waals surface area contributed by atoms with Gasteiger partial charge in [0.05, 0.1) is 11.3 Å². The van der Waals surface area contributed by atoms with Crippen LogP contribution >= 0.6 is 12.4 Å². The van der Waals surface area contributed by atoms with Crippen molar-refractivity contribution in [3.63, 3.8) is 0 Å². The molecule has 2 rings (SSSR count). The second-order valence-electron chi connectivity index (χ2n) is 5.47. The summed E-state index contributed by atoms with van der Waals surface area (Å²) in [7, 11) is 0. The molecular weight excluding hydrogens is 342 g/mol. The minimum Gasteiger partial charge on any atom is -0.341 e. The number of nitrogens with two attached hydrogens (primary N) is 1. The molecule has 0 aliphatic heterocycles. The van der Waals surface area contributed by atoms with Gasteiger partial charge in [0.1, 0.15) is 0 Å². The van der Waals surface area contributed by atoms with E-state index in [0.717, 1.165) is 12.0 Å². The van der Waals surface area contributed by atoms with Crippen LogP contribution in [-0.2, 0) is 17.6 Å². The van der Waals surface area contributed by atoms with Crippen LogP contribution in [0.15, 0.2) is 54.6 Å². The van der Waals surface area contributed by atoms with E-state index in [2.05, 4.69) is 0 Å². The highest BCUT2D eigenvalue weighted by atomic mass is 35.5. The number of amides is 1. The third-order valence-corrected chi connectivity index (χ3v) is 3.79. The van der Waals surface area contributed by atoms with Gasteiger partial charge >= 0.3 is 0 Å². The number of benzene rings is 2. The van der Waals surface area contributed by atoms with Gasteiger partial charge < -0.3 is 10.6 Å². The molecule has 0 unspecified atom stereocenters. The molecule has 0 radical (unpaired) electrons. The summed E-state index contributed by atoms with van der Waals surface area (Å²) in [6.07, 6.45) is 0.732. The normalized spacial score (nSPS) is 9.96. The number of halogens is 1. The molecule has 0 bridgehead atoms. The fourth-order valence-corrected chi connectivity index (χ4v) is 2.54. The Morgan fingerprint density at radius 1 is 1.04 bits per heavy atom. The molecule has 2 N–H and O–H groups in total. The zero-order valence-electron chi connectivity index (χ0n) is 13.8. The van der Waals surface area contributed by atoms with E-state index in [1.807, 2.05) is 30.3 Å². The van der Waals surface area contributed by atoms with Crippen LogP contribution in [0.25, 0.3) is 0 Å². The van der Waals surface area contributed by atoms with Crippen molar-refractivity contribution in [1.29, 1.82) is 0 Å². The van der Waals surface area contributed by atoms with Gasteiger partial charge in [0.15, 0.2) is 0 Å². The van der Waals surface area contributed by atoms with Gasteiger partial charge in [-0.2, -0.15) is 0 Å². The van der Waals surface area contributed by atoms with Gasteiger partial charge in [-0.05, 0) is 12.0 Å². The number of carbonyl (C=O) groups is 1. The largest absolute Gasteiger partial charge is 0.341 e. The monoisotopic (exact) mass is 363 g/mol. The molecule has 0 fully saturated rings. The first-order valence-corrected chi connectivity index (χ1v) is 7.86. The smallest absolute Gasteiger partial charge is 0.273 e. The first-order valence-electron chi connectivity index (χ1n) is 7.86. The van der Waals surface area contributed by atoms with E-state index in [4.69, 9.17) is 5.73 Å². The standard InChI is InChI=1S/C18H21N3O3.ClH/c19-11-13-20(12-10-15-6-2-1-3-7-15)18(22)14-16-8-4-5-9-17(16)21(23)24;/h1-9H,10-14,19H2;1H. The number of rotatable bonds is 8. The topological polar surface area (TPSA) is 89.5 Å². The van der Waals surface area contributed by atoms with Crippen molar-refractivity contribution in [1.82, 2.24) is 4.90 Å². The van der Waals surface area contributed by atoms with Crippen molar-refractivity contribution >= 4 is 24.0 Å². The molecule has 134 valence electrons. The van der Waals surface area contributed by atoms with E-state index >= 15 is 0 Å². The molecule has 1 amide bonds. The van der Waals surface area contributed by atoms with E-state index in [9.17, 15) is 14.9 Å². The molecule has 0 atom stereocenters. The summed E-state index contributed by atoms with van der Waals surface area (Å²) < 4.78 is 0. The number of nitro benzene ring substituents is 1. The van der Waals surface area contributed by atoms with Gasteiger partial charge in [-0.25, -0.2) is 0 Å². The molecule has 0 aliphatic carbocycles. The minimum atomic E-state index is -0.458. The summed E-state index contributed by atoms with van der Waals surface area (Å²) in [6.45, 7) is 1.34. The van der Waals surface area contributed by atoms with Crippen molar-refractivity contribution in [2.75, 3.05) is 19.6 Å². The maximum atomic E-state index is 12.5. The maximum Gasteiger partial charge on any atom is 0.273 e. The lowest BCUT2D eigenvalue weighted by molar-refractivity contribution is -0.385. The molecule has 2 aromatic rings. The Kier molecular flexibility index (Phi) is 8.60. The van der Waals surface area contributed by atoms with Crippen molar-refractivity contribution in [2.24, 2.45) is 5.73 Å². The Morgan fingerprint density at radius 2 is 1.68 bits per heavy atom. The van der Waals surface area contributed by atoms with Gasteiger partial charge in [-0.15, -0.1) is 12.4 Å². The molecule has 25 heavy (non-hydrogen) atoms. The van der Waals surface area contributed by atoms with Crippen LogP contribution in [0.1, 0.15) is 11.1 Å². The zero-order chi connectivity index (χ0) is 17.4. The van der Waals surface area contributed by atoms with Crippen LogP contribution in [0.3, 0.4) is 0 Å². The number of carbonyl (C=O) groups excluding carboxylic acids is 1. The van der Waals surface area contributed by atoms with Gasteiger partial charge in [0, 0.05) is 31.3 Å². The van der Waals surface area contributed by atoms with Crippen LogP contribution < -0.4 is 5.73 Å². The Balaban J connectivity index is 0.00000312. The molecule has 0 spiro atoms. The predicted molar refractivity (Wildman–Crippen MR) is 99.8 cm³/mol. The third kappa shape index (κ3) is 6.17. The number of para-hydroxylation sites is 1. The van der Waals surface area contributed by atoms with Crippen LogP contribution in [0, 0.1) is 10.1 Å². The first-order chi connectivity index (χ1) is 11.6. The lowest BCUT2D eigenvalue weighted by atomic mass is 10.1. The van der Waals surface area contributed by atoms with Crippen LogP contribution in [0.5, 0.6) is 0 Å². The first kappa shape index (κ1) is 20.6. The van der Waals surface area contributed by atoms with Crippen molar-refractivity contribution in [2.45, 2.75) is 12.8 Å². The number of hydrogen-bond acceptors (Lipinski definition) is 4. The molecule has 0 saturated heterocycles. The van der Waals surface area contributed by atoms with Gasteiger partial charge in [0.25, 0.3) is 5.69 Å². The minimum absolute atomic E-state index is 0. The summed E-state index contributed by atoms with van der Waals surface area (Å²) in [5.41, 5.74) is 7.14. The maximum absolute atomic E-state index is 12.5. The summed E-state index contributed by atoms with van der Waals surface area (Å²) in [5.74, 6) is -0.148. The lowest BCUT2D eigenvalue weighted by Gasteiger charge is -2.22. The summed E-state index contributed by atoms with van der Waals surface area (Å²) in [4.78, 5) is 24.8. The summed E-state index contributed by atoms with van der Waals surface area (Å²) in [6, 6.07) is 16.2. The SMILES string of the molecule is Cl.NCCN(CCc1ccccc1)C(=O)Cc1ccccc1[N+](=O)[O-]. The summed E-state index contributed by atoms with van der Waals surface area (Å²) >= 11 is 0. The van der Waals surface area contributed by atoms with Gasteiger partial charge in [-0.3, -0.25) is 14.9 Å². The number of hydrogen-bond donors (Lipinski definition) is 1. The molecule has 0 saturated carbocycles. The lowest BCUT2D eigenvalue weighted by Crippen LogP contribution is -2.38. The average Bonchev–Trinajstić information content (AvgIpc) is 2.59. The average molecular weight is 364 g/mol. The van der Waals surface area contributed by atoms with E-state index in [0.29, 0.717) is 25.2 Å². The van der Waals surface area contributed by atoms with Crippen LogP contribution in [-0.4, -0.2) is 35.4 Å². The fraction of sp³-hybridized carbons (Fsp3) is 0.278. The number of nitrogens with zero attached hydrogens (tertiary/aromatic N) is 2. The number of nitro groups is 1. The van der Waals surface area contributed by atoms with Crippen molar-refractivity contribution in [3.05, 3.63) is 75.8 Å². The highest BCUT2D eigenvalue weighted by Gasteiger charge is 2.19. The Hall–Kier alpha value is -2.44. The highest BCUT2D eigenvalue weighted by molar-refractivity contribution is 5.85. The van der Waals surface area contributed by atoms with E-state index in [1.54, 1.807) is 23.1 Å². The van der Waals surface area contributed by atoms with Gasteiger partial charge in [-0.1, -0.05) is 48.5 Å². The molecule has 7 heteroatoms. The Bertz CT molecular complexity index is 695. The van der Waals surface area contributed by atoms with Crippen LogP contribution in [0.4, 0.5) is 5.69 Å². The van der Waals surface area contributed by atoms with E-state index < -0.39 is 4.92 Å². The molecule has 2 aromatic carbocycles. The molecule has 0 aliphatic rings. The summed E-state index contributed by atoms with van der Waals surface area (Å²) in [5, 5.41) is 11.1. The van der Waals surface area contributed by atoms with Crippen LogP contribution in [0.2, 0.25) is 0 Å². The van der Waals surface area contributed by atoms with Crippen molar-refractivity contribution in [3.8, 4) is 0 Å². The highest BCUT2D eigenvalue weighted by Crippen LogP contribution is 2.19. The molecule has 0 aromatic heterocycles. The second-order valence-corrected chi connectivity index (χ2v) is 5.47. The fourth-order valence-electron chi connectivity index (χ4n) is 2.54. The van der Waals surface area contributed by atoms with Gasteiger partial charge in [0.2, 0.25) is 5.91 Å². The molecular formula is C18H22ClN3O3. The zero-order valence-corrected chi connectivity index (χ0v) is 14.7. The van der Waals surface area contributed by atoms with Crippen molar-refractivity contribution < 1.29 is 9.72 Å². The Labute approximate surface area is 153 Å². The second kappa shape index (κ2) is 10.4. The van der Waals surface area contributed by atoms with E-state index in [1.165, 1.54) is 6.07 Å². The Morgan fingerprint density at radius 3 is 2.32 bits per heavy atom. The molecule has 6 nitrogen and oxygen atoms in total. The third-order valence-electron chi connectivity index (χ3n) is 3.79. The van der Waals surface area contributed by atoms with E-state index in [-0.39, 0.29) is 30.4 Å².